The molecule has 0 saturated carbocycles. The first-order chi connectivity index (χ1) is 9.29. The zero-order valence-corrected chi connectivity index (χ0v) is 12.0. The molecule has 0 saturated heterocycles. The highest BCUT2D eigenvalue weighted by atomic mass is 79.9. The van der Waals surface area contributed by atoms with Crippen LogP contribution in [0.25, 0.3) is 0 Å². The lowest BCUT2D eigenvalue weighted by molar-refractivity contribution is -0.137. The number of benzene rings is 2. The van der Waals surface area contributed by atoms with Crippen LogP contribution in [0.3, 0.4) is 0 Å². The first kappa shape index (κ1) is 14.8. The number of ketones is 1. The number of carbonyl (C=O) groups excluding carboxylic acids is 1. The second kappa shape index (κ2) is 5.40. The fourth-order valence-corrected chi connectivity index (χ4v) is 2.23. The highest BCUT2D eigenvalue weighted by Gasteiger charge is 2.31. The molecule has 0 amide bonds. The predicted molar refractivity (Wildman–Crippen MR) is 73.8 cm³/mol. The average molecular weight is 343 g/mol. The van der Waals surface area contributed by atoms with E-state index < -0.39 is 17.5 Å². The van der Waals surface area contributed by atoms with Gasteiger partial charge in [0.15, 0.2) is 5.78 Å². The summed E-state index contributed by atoms with van der Waals surface area (Å²) in [4.78, 5) is 12.3. The summed E-state index contributed by atoms with van der Waals surface area (Å²) >= 11 is 3.24. The smallest absolute Gasteiger partial charge is 0.289 e. The maximum atomic E-state index is 12.7. The molecule has 0 aliphatic rings. The van der Waals surface area contributed by atoms with Crippen molar-refractivity contribution >= 4 is 21.7 Å². The van der Waals surface area contributed by atoms with Crippen molar-refractivity contribution in [1.29, 1.82) is 0 Å². The zero-order chi connectivity index (χ0) is 14.9. The number of aryl methyl sites for hydroxylation is 1. The molecule has 104 valence electrons. The van der Waals surface area contributed by atoms with Crippen LogP contribution >= 0.6 is 15.9 Å². The minimum atomic E-state index is -4.46. The molecule has 2 aromatic rings. The van der Waals surface area contributed by atoms with E-state index in [1.807, 2.05) is 13.0 Å². The molecular formula is C15H10BrF3O. The molecule has 20 heavy (non-hydrogen) atoms. The molecule has 2 aromatic carbocycles. The Hall–Kier alpha value is -1.62. The summed E-state index contributed by atoms with van der Waals surface area (Å²) in [5.74, 6) is -0.438. The highest BCUT2D eigenvalue weighted by molar-refractivity contribution is 9.10. The van der Waals surface area contributed by atoms with E-state index in [0.717, 1.165) is 17.7 Å². The molecular weight excluding hydrogens is 333 g/mol. The summed E-state index contributed by atoms with van der Waals surface area (Å²) < 4.78 is 38.5. The van der Waals surface area contributed by atoms with Gasteiger partial charge in [0.2, 0.25) is 0 Å². The predicted octanol–water partition coefficient (Wildman–Crippen LogP) is 5.01. The van der Waals surface area contributed by atoms with Crippen molar-refractivity contribution in [3.8, 4) is 0 Å². The van der Waals surface area contributed by atoms with Crippen LogP contribution in [-0.4, -0.2) is 5.78 Å². The van der Waals surface area contributed by atoms with E-state index in [9.17, 15) is 18.0 Å². The Labute approximate surface area is 122 Å². The van der Waals surface area contributed by atoms with Gasteiger partial charge >= 0.3 is 6.18 Å². The summed E-state index contributed by atoms with van der Waals surface area (Å²) in [6, 6.07) is 9.60. The molecule has 0 heterocycles. The van der Waals surface area contributed by atoms with Crippen LogP contribution in [0, 0.1) is 6.92 Å². The quantitative estimate of drug-likeness (QED) is 0.701. The third-order valence-corrected chi connectivity index (χ3v) is 3.51. The Morgan fingerprint density at radius 2 is 1.80 bits per heavy atom. The second-order valence-electron chi connectivity index (χ2n) is 4.39. The lowest BCUT2D eigenvalue weighted by Gasteiger charge is -2.09. The number of hydrogen-bond acceptors (Lipinski definition) is 1. The van der Waals surface area contributed by atoms with Gasteiger partial charge in [-0.25, -0.2) is 0 Å². The zero-order valence-electron chi connectivity index (χ0n) is 10.5. The van der Waals surface area contributed by atoms with E-state index in [1.165, 1.54) is 12.1 Å². The van der Waals surface area contributed by atoms with Crippen molar-refractivity contribution in [1.82, 2.24) is 0 Å². The summed E-state index contributed by atoms with van der Waals surface area (Å²) in [7, 11) is 0. The summed E-state index contributed by atoms with van der Waals surface area (Å²) in [6.07, 6.45) is -4.46. The van der Waals surface area contributed by atoms with Crippen LogP contribution in [-0.2, 0) is 6.18 Å². The Morgan fingerprint density at radius 3 is 2.45 bits per heavy atom. The number of halogens is 4. The maximum absolute atomic E-state index is 12.7. The van der Waals surface area contributed by atoms with Gasteiger partial charge in [-0.05, 0) is 31.2 Å². The molecule has 5 heteroatoms. The maximum Gasteiger partial charge on any atom is 0.416 e. The number of alkyl halides is 3. The molecule has 0 atom stereocenters. The standard InChI is InChI=1S/C15H10BrF3O/c1-9-5-6-13(16)12(7-9)14(20)10-3-2-4-11(8-10)15(17,18)19/h2-8H,1H3. The van der Waals surface area contributed by atoms with E-state index in [0.29, 0.717) is 10.0 Å². The molecule has 0 spiro atoms. The molecule has 2 rings (SSSR count). The molecule has 0 unspecified atom stereocenters. The van der Waals surface area contributed by atoms with E-state index >= 15 is 0 Å². The Morgan fingerprint density at radius 1 is 1.10 bits per heavy atom. The van der Waals surface area contributed by atoms with Crippen molar-refractivity contribution in [3.63, 3.8) is 0 Å². The SMILES string of the molecule is Cc1ccc(Br)c(C(=O)c2cccc(C(F)(F)F)c2)c1. The van der Waals surface area contributed by atoms with E-state index in [4.69, 9.17) is 0 Å². The van der Waals surface area contributed by atoms with Gasteiger partial charge in [-0.15, -0.1) is 0 Å². The molecule has 1 nitrogen and oxygen atoms in total. The monoisotopic (exact) mass is 342 g/mol. The van der Waals surface area contributed by atoms with Crippen molar-refractivity contribution in [3.05, 3.63) is 69.2 Å². The van der Waals surface area contributed by atoms with Crippen molar-refractivity contribution < 1.29 is 18.0 Å². The molecule has 0 fully saturated rings. The van der Waals surface area contributed by atoms with Crippen molar-refractivity contribution in [2.24, 2.45) is 0 Å². The molecule has 0 aromatic heterocycles. The van der Waals surface area contributed by atoms with E-state index in [2.05, 4.69) is 15.9 Å². The van der Waals surface area contributed by atoms with Crippen molar-refractivity contribution in [2.45, 2.75) is 13.1 Å². The van der Waals surface area contributed by atoms with Gasteiger partial charge in [0.1, 0.15) is 0 Å². The summed E-state index contributed by atoms with van der Waals surface area (Å²) in [5.41, 5.74) is 0.408. The van der Waals surface area contributed by atoms with Gasteiger partial charge in [0, 0.05) is 15.6 Å². The number of rotatable bonds is 2. The van der Waals surface area contributed by atoms with Gasteiger partial charge in [-0.1, -0.05) is 39.7 Å². The van der Waals surface area contributed by atoms with Crippen LogP contribution in [0.5, 0.6) is 0 Å². The van der Waals surface area contributed by atoms with Crippen LogP contribution in [0.2, 0.25) is 0 Å². The lowest BCUT2D eigenvalue weighted by Crippen LogP contribution is -2.08. The van der Waals surface area contributed by atoms with Gasteiger partial charge in [-0.3, -0.25) is 4.79 Å². The van der Waals surface area contributed by atoms with Crippen LogP contribution in [0.4, 0.5) is 13.2 Å². The van der Waals surface area contributed by atoms with Crippen molar-refractivity contribution in [2.75, 3.05) is 0 Å². The first-order valence-electron chi connectivity index (χ1n) is 5.77. The first-order valence-corrected chi connectivity index (χ1v) is 6.56. The summed E-state index contributed by atoms with van der Waals surface area (Å²) in [5, 5.41) is 0. The van der Waals surface area contributed by atoms with Crippen LogP contribution < -0.4 is 0 Å². The molecule has 0 radical (unpaired) electrons. The minimum Gasteiger partial charge on any atom is -0.289 e. The molecule has 0 aliphatic heterocycles. The topological polar surface area (TPSA) is 17.1 Å². The Balaban J connectivity index is 2.46. The Bertz CT molecular complexity index is 662. The average Bonchev–Trinajstić information content (AvgIpc) is 2.40. The third kappa shape index (κ3) is 3.10. The molecule has 0 N–H and O–H groups in total. The lowest BCUT2D eigenvalue weighted by atomic mass is 10.00. The Kier molecular flexibility index (Phi) is 3.99. The van der Waals surface area contributed by atoms with Gasteiger partial charge in [-0.2, -0.15) is 13.2 Å². The van der Waals surface area contributed by atoms with E-state index in [-0.39, 0.29) is 5.56 Å². The fraction of sp³-hybridized carbons (Fsp3) is 0.133. The molecule has 0 bridgehead atoms. The third-order valence-electron chi connectivity index (χ3n) is 2.82. The fourth-order valence-electron chi connectivity index (χ4n) is 1.81. The number of hydrogen-bond donors (Lipinski definition) is 0. The normalized spacial score (nSPS) is 11.4. The van der Waals surface area contributed by atoms with Crippen LogP contribution in [0.1, 0.15) is 27.0 Å². The van der Waals surface area contributed by atoms with Gasteiger partial charge < -0.3 is 0 Å². The highest BCUT2D eigenvalue weighted by Crippen LogP contribution is 2.30. The van der Waals surface area contributed by atoms with E-state index in [1.54, 1.807) is 12.1 Å². The largest absolute Gasteiger partial charge is 0.416 e. The van der Waals surface area contributed by atoms with Crippen LogP contribution in [0.15, 0.2) is 46.9 Å². The van der Waals surface area contributed by atoms with Gasteiger partial charge in [0.25, 0.3) is 0 Å². The number of carbonyl (C=O) groups is 1. The second-order valence-corrected chi connectivity index (χ2v) is 5.25. The minimum absolute atomic E-state index is 0.0196. The molecule has 0 aliphatic carbocycles. The summed E-state index contributed by atoms with van der Waals surface area (Å²) in [6.45, 7) is 1.81. The van der Waals surface area contributed by atoms with Gasteiger partial charge in [0.05, 0.1) is 5.56 Å².